The zero-order valence-electron chi connectivity index (χ0n) is 6.84. The van der Waals surface area contributed by atoms with Crippen LogP contribution in [0.25, 0.3) is 0 Å². The zero-order valence-corrected chi connectivity index (χ0v) is 6.84. The van der Waals surface area contributed by atoms with Gasteiger partial charge in [0.2, 0.25) is 0 Å². The van der Waals surface area contributed by atoms with Gasteiger partial charge in [-0.3, -0.25) is 15.1 Å². The SMILES string of the molecule is Cc1cc([N+](=O)[O-])cc(/C=N/O)n1. The van der Waals surface area contributed by atoms with E-state index in [0.717, 1.165) is 6.21 Å². The molecule has 0 fully saturated rings. The standard InChI is InChI=1S/C7H7N3O3/c1-5-2-7(10(12)13)3-6(9-5)4-8-11/h2-4,11H,1H3/b8-4+. The van der Waals surface area contributed by atoms with E-state index in [1.807, 2.05) is 0 Å². The smallest absolute Gasteiger partial charge is 0.273 e. The summed E-state index contributed by atoms with van der Waals surface area (Å²) in [6.07, 6.45) is 1.04. The fraction of sp³-hybridized carbons (Fsp3) is 0.143. The van der Waals surface area contributed by atoms with Crippen LogP contribution in [-0.2, 0) is 0 Å². The number of nitro groups is 1. The molecular formula is C7H7N3O3. The van der Waals surface area contributed by atoms with Gasteiger partial charge in [-0.05, 0) is 6.92 Å². The zero-order chi connectivity index (χ0) is 9.84. The molecule has 1 aromatic rings. The van der Waals surface area contributed by atoms with E-state index >= 15 is 0 Å². The van der Waals surface area contributed by atoms with Gasteiger partial charge in [0.25, 0.3) is 5.69 Å². The van der Waals surface area contributed by atoms with Crippen LogP contribution in [0.1, 0.15) is 11.4 Å². The van der Waals surface area contributed by atoms with E-state index < -0.39 is 4.92 Å². The summed E-state index contributed by atoms with van der Waals surface area (Å²) < 4.78 is 0. The van der Waals surface area contributed by atoms with Crippen LogP contribution in [0.4, 0.5) is 5.69 Å². The van der Waals surface area contributed by atoms with Crippen molar-refractivity contribution in [3.05, 3.63) is 33.6 Å². The summed E-state index contributed by atoms with van der Waals surface area (Å²) in [7, 11) is 0. The molecule has 1 heterocycles. The van der Waals surface area contributed by atoms with Gasteiger partial charge in [-0.15, -0.1) is 0 Å². The topological polar surface area (TPSA) is 88.6 Å². The van der Waals surface area contributed by atoms with Gasteiger partial charge in [0.15, 0.2) is 0 Å². The molecule has 6 nitrogen and oxygen atoms in total. The van der Waals surface area contributed by atoms with Crippen LogP contribution in [0.5, 0.6) is 0 Å². The first-order valence-corrected chi connectivity index (χ1v) is 3.44. The highest BCUT2D eigenvalue weighted by molar-refractivity contribution is 5.77. The van der Waals surface area contributed by atoms with Crippen LogP contribution in [-0.4, -0.2) is 21.3 Å². The number of nitrogens with zero attached hydrogens (tertiary/aromatic N) is 3. The Morgan fingerprint density at radius 3 is 2.92 bits per heavy atom. The minimum atomic E-state index is -0.524. The summed E-state index contributed by atoms with van der Waals surface area (Å²) >= 11 is 0. The molecule has 1 rings (SSSR count). The molecule has 1 aromatic heterocycles. The van der Waals surface area contributed by atoms with Crippen molar-refractivity contribution in [1.29, 1.82) is 0 Å². The number of aromatic nitrogens is 1. The Balaban J connectivity index is 3.18. The third-order valence-corrected chi connectivity index (χ3v) is 1.36. The Kier molecular flexibility index (Phi) is 2.53. The Bertz CT molecular complexity index is 362. The summed E-state index contributed by atoms with van der Waals surface area (Å²) in [4.78, 5) is 13.7. The monoisotopic (exact) mass is 181 g/mol. The van der Waals surface area contributed by atoms with Crippen LogP contribution in [0.15, 0.2) is 17.3 Å². The number of oxime groups is 1. The van der Waals surface area contributed by atoms with Gasteiger partial charge >= 0.3 is 0 Å². The first-order chi connectivity index (χ1) is 6.13. The van der Waals surface area contributed by atoms with Crippen LogP contribution in [0, 0.1) is 17.0 Å². The number of hydrogen-bond donors (Lipinski definition) is 1. The second kappa shape index (κ2) is 3.61. The third-order valence-electron chi connectivity index (χ3n) is 1.36. The second-order valence-electron chi connectivity index (χ2n) is 2.39. The summed E-state index contributed by atoms with van der Waals surface area (Å²) in [6, 6.07) is 2.57. The molecule has 0 saturated carbocycles. The minimum absolute atomic E-state index is 0.0672. The number of hydrogen-bond acceptors (Lipinski definition) is 5. The summed E-state index contributed by atoms with van der Waals surface area (Å²) in [6.45, 7) is 1.63. The largest absolute Gasteiger partial charge is 0.411 e. The predicted molar refractivity (Wildman–Crippen MR) is 45.0 cm³/mol. The van der Waals surface area contributed by atoms with Crippen molar-refractivity contribution in [1.82, 2.24) is 4.98 Å². The van der Waals surface area contributed by atoms with Gasteiger partial charge in [-0.1, -0.05) is 5.16 Å². The molecule has 0 radical (unpaired) electrons. The lowest BCUT2D eigenvalue weighted by Gasteiger charge is -1.95. The molecule has 0 aliphatic rings. The van der Waals surface area contributed by atoms with Crippen molar-refractivity contribution in [2.45, 2.75) is 6.92 Å². The first-order valence-electron chi connectivity index (χ1n) is 3.44. The van der Waals surface area contributed by atoms with Crippen molar-refractivity contribution >= 4 is 11.9 Å². The Hall–Kier alpha value is -1.98. The van der Waals surface area contributed by atoms with E-state index in [1.54, 1.807) is 6.92 Å². The Morgan fingerprint density at radius 1 is 1.69 bits per heavy atom. The fourth-order valence-corrected chi connectivity index (χ4v) is 0.906. The predicted octanol–water partition coefficient (Wildman–Crippen LogP) is 1.11. The highest BCUT2D eigenvalue weighted by atomic mass is 16.6. The molecule has 68 valence electrons. The molecule has 0 aliphatic carbocycles. The van der Waals surface area contributed by atoms with Crippen molar-refractivity contribution in [3.8, 4) is 0 Å². The Labute approximate surface area is 73.7 Å². The molecular weight excluding hydrogens is 174 g/mol. The molecule has 0 saturated heterocycles. The third kappa shape index (κ3) is 2.22. The maximum atomic E-state index is 10.4. The van der Waals surface area contributed by atoms with E-state index in [2.05, 4.69) is 10.1 Å². The van der Waals surface area contributed by atoms with E-state index in [1.165, 1.54) is 12.1 Å². The molecule has 6 heteroatoms. The van der Waals surface area contributed by atoms with E-state index in [-0.39, 0.29) is 11.4 Å². The molecule has 0 atom stereocenters. The van der Waals surface area contributed by atoms with Crippen molar-refractivity contribution < 1.29 is 10.1 Å². The van der Waals surface area contributed by atoms with Gasteiger partial charge in [0.1, 0.15) is 0 Å². The lowest BCUT2D eigenvalue weighted by molar-refractivity contribution is -0.385. The number of rotatable bonds is 2. The summed E-state index contributed by atoms with van der Waals surface area (Å²) in [5.74, 6) is 0. The second-order valence-corrected chi connectivity index (χ2v) is 2.39. The van der Waals surface area contributed by atoms with Gasteiger partial charge in [0, 0.05) is 17.8 Å². The lowest BCUT2D eigenvalue weighted by Crippen LogP contribution is -1.95. The molecule has 0 aromatic carbocycles. The molecule has 0 bridgehead atoms. The Morgan fingerprint density at radius 2 is 2.38 bits per heavy atom. The average Bonchev–Trinajstić information content (AvgIpc) is 2.03. The lowest BCUT2D eigenvalue weighted by atomic mass is 10.3. The van der Waals surface area contributed by atoms with Crippen molar-refractivity contribution in [3.63, 3.8) is 0 Å². The first kappa shape index (κ1) is 9.11. The highest BCUT2D eigenvalue weighted by Gasteiger charge is 2.07. The highest BCUT2D eigenvalue weighted by Crippen LogP contribution is 2.12. The molecule has 13 heavy (non-hydrogen) atoms. The van der Waals surface area contributed by atoms with Crippen LogP contribution in [0.3, 0.4) is 0 Å². The van der Waals surface area contributed by atoms with Crippen LogP contribution >= 0.6 is 0 Å². The van der Waals surface area contributed by atoms with Crippen molar-refractivity contribution in [2.75, 3.05) is 0 Å². The quantitative estimate of drug-likeness (QED) is 0.320. The van der Waals surface area contributed by atoms with Crippen LogP contribution in [0.2, 0.25) is 0 Å². The molecule has 0 aliphatic heterocycles. The van der Waals surface area contributed by atoms with E-state index in [0.29, 0.717) is 5.69 Å². The van der Waals surface area contributed by atoms with E-state index in [4.69, 9.17) is 5.21 Å². The normalized spacial score (nSPS) is 10.5. The maximum Gasteiger partial charge on any atom is 0.273 e. The maximum absolute atomic E-state index is 10.4. The average molecular weight is 181 g/mol. The summed E-state index contributed by atoms with van der Waals surface area (Å²) in [5, 5.41) is 21.3. The summed E-state index contributed by atoms with van der Waals surface area (Å²) in [5.41, 5.74) is 0.695. The number of pyridine rings is 1. The minimum Gasteiger partial charge on any atom is -0.411 e. The number of aryl methyl sites for hydroxylation is 1. The van der Waals surface area contributed by atoms with Gasteiger partial charge in [-0.25, -0.2) is 0 Å². The molecule has 1 N–H and O–H groups in total. The van der Waals surface area contributed by atoms with Gasteiger partial charge in [-0.2, -0.15) is 0 Å². The molecule has 0 spiro atoms. The van der Waals surface area contributed by atoms with Gasteiger partial charge < -0.3 is 5.21 Å². The van der Waals surface area contributed by atoms with Crippen molar-refractivity contribution in [2.24, 2.45) is 5.16 Å². The van der Waals surface area contributed by atoms with E-state index in [9.17, 15) is 10.1 Å². The fourth-order valence-electron chi connectivity index (χ4n) is 0.906. The molecule has 0 amide bonds. The molecule has 0 unspecified atom stereocenters. The van der Waals surface area contributed by atoms with Gasteiger partial charge in [0.05, 0.1) is 16.8 Å². The van der Waals surface area contributed by atoms with Crippen LogP contribution < -0.4 is 0 Å².